The predicted octanol–water partition coefficient (Wildman–Crippen LogP) is 4.23. The lowest BCUT2D eigenvalue weighted by atomic mass is 10.1. The number of hydrogen-bond donors (Lipinski definition) is 1. The van der Waals surface area contributed by atoms with Crippen LogP contribution in [0.2, 0.25) is 0 Å². The number of halogens is 1. The Morgan fingerprint density at radius 3 is 2.74 bits per heavy atom. The van der Waals surface area contributed by atoms with Crippen LogP contribution in [-0.4, -0.2) is 10.9 Å². The number of benzene rings is 2. The third-order valence-corrected chi connectivity index (χ3v) is 3.19. The van der Waals surface area contributed by atoms with Crippen molar-refractivity contribution in [2.45, 2.75) is 13.5 Å². The van der Waals surface area contributed by atoms with Gasteiger partial charge < -0.3 is 9.94 Å². The standard InChI is InChI=1S/C15H14BrNO2/c1-11(17-18)13-5-3-7-15(9-13)19-10-12-4-2-6-14(16)8-12/h2-9,18H,10H2,1H3/b17-11+. The monoisotopic (exact) mass is 319 g/mol. The van der Waals surface area contributed by atoms with Gasteiger partial charge in [0.25, 0.3) is 0 Å². The van der Waals surface area contributed by atoms with Crippen molar-refractivity contribution >= 4 is 21.6 Å². The Bertz CT molecular complexity index is 596. The molecular weight excluding hydrogens is 306 g/mol. The topological polar surface area (TPSA) is 41.8 Å². The summed E-state index contributed by atoms with van der Waals surface area (Å²) in [4.78, 5) is 0. The van der Waals surface area contributed by atoms with Gasteiger partial charge in [0.05, 0.1) is 5.71 Å². The average Bonchev–Trinajstić information content (AvgIpc) is 2.45. The molecule has 0 saturated heterocycles. The van der Waals surface area contributed by atoms with Crippen molar-refractivity contribution in [1.29, 1.82) is 0 Å². The van der Waals surface area contributed by atoms with Crippen molar-refractivity contribution < 1.29 is 9.94 Å². The van der Waals surface area contributed by atoms with Crippen LogP contribution in [0.3, 0.4) is 0 Å². The van der Waals surface area contributed by atoms with Crippen LogP contribution in [0.15, 0.2) is 58.2 Å². The van der Waals surface area contributed by atoms with Gasteiger partial charge in [-0.3, -0.25) is 0 Å². The molecule has 2 aromatic carbocycles. The van der Waals surface area contributed by atoms with Gasteiger partial charge in [-0.1, -0.05) is 45.4 Å². The molecule has 0 saturated carbocycles. The normalized spacial score (nSPS) is 11.4. The highest BCUT2D eigenvalue weighted by molar-refractivity contribution is 9.10. The maximum atomic E-state index is 8.76. The largest absolute Gasteiger partial charge is 0.489 e. The Kier molecular flexibility index (Phi) is 4.58. The van der Waals surface area contributed by atoms with Crippen molar-refractivity contribution in [2.24, 2.45) is 5.16 Å². The zero-order valence-corrected chi connectivity index (χ0v) is 12.1. The molecular formula is C15H14BrNO2. The van der Waals surface area contributed by atoms with E-state index < -0.39 is 0 Å². The molecule has 0 spiro atoms. The van der Waals surface area contributed by atoms with Crippen molar-refractivity contribution in [1.82, 2.24) is 0 Å². The van der Waals surface area contributed by atoms with Crippen molar-refractivity contribution in [3.05, 3.63) is 64.1 Å². The van der Waals surface area contributed by atoms with Gasteiger partial charge in [0.1, 0.15) is 12.4 Å². The summed E-state index contributed by atoms with van der Waals surface area (Å²) >= 11 is 3.43. The molecule has 0 amide bonds. The summed E-state index contributed by atoms with van der Waals surface area (Å²) in [5.74, 6) is 0.750. The van der Waals surface area contributed by atoms with E-state index in [9.17, 15) is 0 Å². The van der Waals surface area contributed by atoms with Crippen molar-refractivity contribution in [3.8, 4) is 5.75 Å². The minimum atomic E-state index is 0.498. The Balaban J connectivity index is 2.08. The fourth-order valence-corrected chi connectivity index (χ4v) is 2.11. The van der Waals surface area contributed by atoms with Crippen LogP contribution in [0.5, 0.6) is 5.75 Å². The van der Waals surface area contributed by atoms with E-state index in [1.807, 2.05) is 48.5 Å². The molecule has 0 aliphatic rings. The number of nitrogens with zero attached hydrogens (tertiary/aromatic N) is 1. The maximum Gasteiger partial charge on any atom is 0.120 e. The van der Waals surface area contributed by atoms with E-state index in [1.54, 1.807) is 6.92 Å². The molecule has 0 atom stereocenters. The van der Waals surface area contributed by atoms with Gasteiger partial charge in [-0.15, -0.1) is 0 Å². The molecule has 2 aromatic rings. The summed E-state index contributed by atoms with van der Waals surface area (Å²) in [7, 11) is 0. The third kappa shape index (κ3) is 3.83. The fourth-order valence-electron chi connectivity index (χ4n) is 1.66. The van der Waals surface area contributed by atoms with Crippen LogP contribution in [0, 0.1) is 0 Å². The van der Waals surface area contributed by atoms with E-state index in [2.05, 4.69) is 21.1 Å². The number of rotatable bonds is 4. The van der Waals surface area contributed by atoms with Crippen LogP contribution >= 0.6 is 15.9 Å². The Labute approximate surface area is 120 Å². The van der Waals surface area contributed by atoms with Crippen molar-refractivity contribution in [3.63, 3.8) is 0 Å². The predicted molar refractivity (Wildman–Crippen MR) is 78.9 cm³/mol. The highest BCUT2D eigenvalue weighted by atomic mass is 79.9. The molecule has 0 fully saturated rings. The van der Waals surface area contributed by atoms with Gasteiger partial charge in [0.15, 0.2) is 0 Å². The van der Waals surface area contributed by atoms with Crippen LogP contribution in [0.25, 0.3) is 0 Å². The van der Waals surface area contributed by atoms with Gasteiger partial charge in [0, 0.05) is 10.0 Å². The SMILES string of the molecule is C/C(=N\O)c1cccc(OCc2cccc(Br)c2)c1. The summed E-state index contributed by atoms with van der Waals surface area (Å²) in [6.45, 7) is 2.24. The van der Waals surface area contributed by atoms with Crippen LogP contribution < -0.4 is 4.74 Å². The van der Waals surface area contributed by atoms with Crippen LogP contribution in [0.4, 0.5) is 0 Å². The zero-order valence-electron chi connectivity index (χ0n) is 10.5. The first kappa shape index (κ1) is 13.6. The van der Waals surface area contributed by atoms with Gasteiger partial charge in [-0.05, 0) is 36.8 Å². The second-order valence-electron chi connectivity index (χ2n) is 4.13. The second kappa shape index (κ2) is 6.38. The second-order valence-corrected chi connectivity index (χ2v) is 5.05. The smallest absolute Gasteiger partial charge is 0.120 e. The van der Waals surface area contributed by atoms with E-state index in [0.717, 1.165) is 21.3 Å². The molecule has 0 heterocycles. The summed E-state index contributed by atoms with van der Waals surface area (Å²) < 4.78 is 6.76. The molecule has 0 aliphatic carbocycles. The Morgan fingerprint density at radius 2 is 2.00 bits per heavy atom. The molecule has 2 rings (SSSR count). The number of oxime groups is 1. The summed E-state index contributed by atoms with van der Waals surface area (Å²) in [6, 6.07) is 15.5. The molecule has 98 valence electrons. The minimum absolute atomic E-state index is 0.498. The molecule has 0 aromatic heterocycles. The molecule has 3 nitrogen and oxygen atoms in total. The summed E-state index contributed by atoms with van der Waals surface area (Å²) in [6.07, 6.45) is 0. The molecule has 1 N–H and O–H groups in total. The minimum Gasteiger partial charge on any atom is -0.489 e. The van der Waals surface area contributed by atoms with Crippen molar-refractivity contribution in [2.75, 3.05) is 0 Å². The third-order valence-electron chi connectivity index (χ3n) is 2.70. The lowest BCUT2D eigenvalue weighted by Crippen LogP contribution is -1.98. The first-order chi connectivity index (χ1) is 9.19. The van der Waals surface area contributed by atoms with E-state index in [4.69, 9.17) is 9.94 Å². The van der Waals surface area contributed by atoms with Crippen LogP contribution in [0.1, 0.15) is 18.1 Å². The van der Waals surface area contributed by atoms with Gasteiger partial charge in [0.2, 0.25) is 0 Å². The fraction of sp³-hybridized carbons (Fsp3) is 0.133. The zero-order chi connectivity index (χ0) is 13.7. The van der Waals surface area contributed by atoms with Gasteiger partial charge in [-0.25, -0.2) is 0 Å². The van der Waals surface area contributed by atoms with E-state index in [-0.39, 0.29) is 0 Å². The lowest BCUT2D eigenvalue weighted by Gasteiger charge is -2.08. The van der Waals surface area contributed by atoms with E-state index in [1.165, 1.54) is 0 Å². The average molecular weight is 320 g/mol. The van der Waals surface area contributed by atoms with E-state index in [0.29, 0.717) is 12.3 Å². The molecule has 0 radical (unpaired) electrons. The molecule has 4 heteroatoms. The van der Waals surface area contributed by atoms with Gasteiger partial charge in [-0.2, -0.15) is 0 Å². The maximum absolute atomic E-state index is 8.76. The lowest BCUT2D eigenvalue weighted by molar-refractivity contribution is 0.306. The molecule has 0 aliphatic heterocycles. The highest BCUT2D eigenvalue weighted by Gasteiger charge is 2.01. The molecule has 0 bridgehead atoms. The molecule has 19 heavy (non-hydrogen) atoms. The Hall–Kier alpha value is -1.81. The Morgan fingerprint density at radius 1 is 1.21 bits per heavy atom. The van der Waals surface area contributed by atoms with Gasteiger partial charge >= 0.3 is 0 Å². The quantitative estimate of drug-likeness (QED) is 0.520. The number of ether oxygens (including phenoxy) is 1. The summed E-state index contributed by atoms with van der Waals surface area (Å²) in [5.41, 5.74) is 2.49. The first-order valence-corrected chi connectivity index (χ1v) is 6.64. The first-order valence-electron chi connectivity index (χ1n) is 5.85. The highest BCUT2D eigenvalue weighted by Crippen LogP contribution is 2.17. The molecule has 0 unspecified atom stereocenters. The van der Waals surface area contributed by atoms with Crippen LogP contribution in [-0.2, 0) is 6.61 Å². The summed E-state index contributed by atoms with van der Waals surface area (Å²) in [5, 5.41) is 11.9. The number of hydrogen-bond acceptors (Lipinski definition) is 3. The van der Waals surface area contributed by atoms with E-state index >= 15 is 0 Å².